The van der Waals surface area contributed by atoms with Gasteiger partial charge in [0.2, 0.25) is 0 Å². The number of rotatable bonds is 5. The SMILES string of the molecule is CCCCOc1cc2c(cc1OC)C(=O)N1CC(C)CC1C(O)N2. The summed E-state index contributed by atoms with van der Waals surface area (Å²) in [7, 11) is 1.57. The van der Waals surface area contributed by atoms with Crippen molar-refractivity contribution < 1.29 is 19.4 Å². The number of carbonyl (C=O) groups is 1. The van der Waals surface area contributed by atoms with E-state index in [1.165, 1.54) is 0 Å². The van der Waals surface area contributed by atoms with E-state index < -0.39 is 6.23 Å². The van der Waals surface area contributed by atoms with Crippen LogP contribution in [0.25, 0.3) is 0 Å². The normalized spacial score (nSPS) is 25.6. The number of aliphatic hydroxyl groups excluding tert-OH is 1. The number of nitrogens with one attached hydrogen (secondary N) is 1. The fourth-order valence-electron chi connectivity index (χ4n) is 3.48. The number of hydrogen-bond acceptors (Lipinski definition) is 5. The van der Waals surface area contributed by atoms with Gasteiger partial charge in [0.15, 0.2) is 11.5 Å². The van der Waals surface area contributed by atoms with E-state index in [-0.39, 0.29) is 11.9 Å². The van der Waals surface area contributed by atoms with Crippen molar-refractivity contribution in [2.75, 3.05) is 25.6 Å². The molecule has 6 nitrogen and oxygen atoms in total. The molecule has 1 fully saturated rings. The van der Waals surface area contributed by atoms with E-state index in [9.17, 15) is 9.90 Å². The Morgan fingerprint density at radius 3 is 2.88 bits per heavy atom. The highest BCUT2D eigenvalue weighted by molar-refractivity contribution is 6.01. The number of carbonyl (C=O) groups excluding carboxylic acids is 1. The molecular formula is C18H26N2O4. The summed E-state index contributed by atoms with van der Waals surface area (Å²) >= 11 is 0. The van der Waals surface area contributed by atoms with E-state index in [4.69, 9.17) is 9.47 Å². The van der Waals surface area contributed by atoms with E-state index in [1.54, 1.807) is 24.1 Å². The Morgan fingerprint density at radius 1 is 1.38 bits per heavy atom. The molecule has 1 aromatic rings. The summed E-state index contributed by atoms with van der Waals surface area (Å²) in [4.78, 5) is 14.7. The van der Waals surface area contributed by atoms with Crippen molar-refractivity contribution in [3.05, 3.63) is 17.7 Å². The average molecular weight is 334 g/mol. The quantitative estimate of drug-likeness (QED) is 0.810. The van der Waals surface area contributed by atoms with Gasteiger partial charge in [0.1, 0.15) is 6.23 Å². The summed E-state index contributed by atoms with van der Waals surface area (Å²) in [5, 5.41) is 13.6. The molecule has 1 aromatic carbocycles. The van der Waals surface area contributed by atoms with E-state index in [2.05, 4.69) is 19.2 Å². The molecule has 2 aliphatic heterocycles. The molecule has 24 heavy (non-hydrogen) atoms. The number of nitrogens with zero attached hydrogens (tertiary/aromatic N) is 1. The third-order valence-corrected chi connectivity index (χ3v) is 4.77. The molecule has 0 radical (unpaired) electrons. The minimum atomic E-state index is -0.781. The van der Waals surface area contributed by atoms with Crippen LogP contribution >= 0.6 is 0 Å². The maximum Gasteiger partial charge on any atom is 0.256 e. The third-order valence-electron chi connectivity index (χ3n) is 4.77. The summed E-state index contributed by atoms with van der Waals surface area (Å²) in [5.74, 6) is 1.45. The van der Waals surface area contributed by atoms with Gasteiger partial charge in [0.05, 0.1) is 31.0 Å². The smallest absolute Gasteiger partial charge is 0.256 e. The monoisotopic (exact) mass is 334 g/mol. The number of amides is 1. The topological polar surface area (TPSA) is 71.0 Å². The molecule has 1 amide bonds. The fraction of sp³-hybridized carbons (Fsp3) is 0.611. The molecule has 132 valence electrons. The van der Waals surface area contributed by atoms with Crippen molar-refractivity contribution >= 4 is 11.6 Å². The van der Waals surface area contributed by atoms with Crippen molar-refractivity contribution in [1.29, 1.82) is 0 Å². The van der Waals surface area contributed by atoms with Gasteiger partial charge in [-0.3, -0.25) is 4.79 Å². The first kappa shape index (κ1) is 16.9. The van der Waals surface area contributed by atoms with Gasteiger partial charge in [0.25, 0.3) is 5.91 Å². The molecule has 0 aromatic heterocycles. The van der Waals surface area contributed by atoms with Crippen molar-refractivity contribution in [3.8, 4) is 11.5 Å². The van der Waals surface area contributed by atoms with Crippen LogP contribution in [0.1, 0.15) is 43.5 Å². The van der Waals surface area contributed by atoms with Crippen LogP contribution in [0.4, 0.5) is 5.69 Å². The highest BCUT2D eigenvalue weighted by Crippen LogP contribution is 2.39. The van der Waals surface area contributed by atoms with Gasteiger partial charge in [-0.2, -0.15) is 0 Å². The van der Waals surface area contributed by atoms with Crippen LogP contribution in [0.3, 0.4) is 0 Å². The Kier molecular flexibility index (Phi) is 4.85. The second-order valence-corrected chi connectivity index (χ2v) is 6.71. The zero-order valence-electron chi connectivity index (χ0n) is 14.5. The summed E-state index contributed by atoms with van der Waals surface area (Å²) < 4.78 is 11.2. The zero-order chi connectivity index (χ0) is 17.3. The molecule has 2 heterocycles. The first-order chi connectivity index (χ1) is 11.5. The number of aliphatic hydroxyl groups is 1. The molecule has 3 rings (SSSR count). The van der Waals surface area contributed by atoms with E-state index >= 15 is 0 Å². The van der Waals surface area contributed by atoms with Crippen molar-refractivity contribution in [2.24, 2.45) is 5.92 Å². The Bertz CT molecular complexity index is 619. The van der Waals surface area contributed by atoms with Crippen LogP contribution in [-0.2, 0) is 0 Å². The third kappa shape index (κ3) is 3.02. The van der Waals surface area contributed by atoms with Gasteiger partial charge in [-0.15, -0.1) is 0 Å². The number of hydrogen-bond donors (Lipinski definition) is 2. The average Bonchev–Trinajstić information content (AvgIpc) is 2.93. The Balaban J connectivity index is 1.95. The maximum absolute atomic E-state index is 12.9. The standard InChI is InChI=1S/C18H26N2O4/c1-4-5-6-24-16-9-13-12(8-15(16)23-3)18(22)20-10-11(2)7-14(20)17(21)19-13/h8-9,11,14,17,19,21H,4-7,10H2,1-3H3. The molecular weight excluding hydrogens is 308 g/mol. The Labute approximate surface area is 142 Å². The highest BCUT2D eigenvalue weighted by atomic mass is 16.5. The Hall–Kier alpha value is -1.95. The largest absolute Gasteiger partial charge is 0.493 e. The number of ether oxygens (including phenoxy) is 2. The molecule has 0 spiro atoms. The van der Waals surface area contributed by atoms with Gasteiger partial charge in [-0.25, -0.2) is 0 Å². The lowest BCUT2D eigenvalue weighted by Gasteiger charge is -2.25. The van der Waals surface area contributed by atoms with Gasteiger partial charge in [0, 0.05) is 12.6 Å². The van der Waals surface area contributed by atoms with Gasteiger partial charge in [-0.05, 0) is 24.8 Å². The molecule has 0 bridgehead atoms. The molecule has 6 heteroatoms. The lowest BCUT2D eigenvalue weighted by atomic mass is 10.1. The van der Waals surface area contributed by atoms with Crippen LogP contribution in [0, 0.1) is 5.92 Å². The summed E-state index contributed by atoms with van der Waals surface area (Å²) in [6, 6.07) is 3.27. The van der Waals surface area contributed by atoms with Crippen LogP contribution < -0.4 is 14.8 Å². The summed E-state index contributed by atoms with van der Waals surface area (Å²) in [5.41, 5.74) is 1.12. The first-order valence-electron chi connectivity index (χ1n) is 8.65. The predicted molar refractivity (Wildman–Crippen MR) is 91.6 cm³/mol. The Morgan fingerprint density at radius 2 is 2.17 bits per heavy atom. The minimum absolute atomic E-state index is 0.0678. The lowest BCUT2D eigenvalue weighted by molar-refractivity contribution is 0.0580. The number of anilines is 1. The van der Waals surface area contributed by atoms with Gasteiger partial charge < -0.3 is 24.8 Å². The fourth-order valence-corrected chi connectivity index (χ4v) is 3.48. The van der Waals surface area contributed by atoms with Crippen LogP contribution in [0.2, 0.25) is 0 Å². The molecule has 2 aliphatic rings. The van der Waals surface area contributed by atoms with Crippen molar-refractivity contribution in [2.45, 2.75) is 45.4 Å². The second kappa shape index (κ2) is 6.89. The van der Waals surface area contributed by atoms with Crippen LogP contribution in [-0.4, -0.2) is 48.4 Å². The number of unbranched alkanes of at least 4 members (excludes halogenated alkanes) is 1. The lowest BCUT2D eigenvalue weighted by Crippen LogP contribution is -2.43. The molecule has 3 unspecified atom stereocenters. The minimum Gasteiger partial charge on any atom is -0.493 e. The van der Waals surface area contributed by atoms with E-state index in [0.29, 0.717) is 41.8 Å². The first-order valence-corrected chi connectivity index (χ1v) is 8.65. The van der Waals surface area contributed by atoms with E-state index in [0.717, 1.165) is 19.3 Å². The maximum atomic E-state index is 12.9. The van der Waals surface area contributed by atoms with Crippen LogP contribution in [0.5, 0.6) is 11.5 Å². The van der Waals surface area contributed by atoms with Crippen molar-refractivity contribution in [3.63, 3.8) is 0 Å². The number of fused-ring (bicyclic) bond motifs is 2. The van der Waals surface area contributed by atoms with Gasteiger partial charge >= 0.3 is 0 Å². The molecule has 3 atom stereocenters. The number of methoxy groups -OCH3 is 1. The molecule has 0 aliphatic carbocycles. The number of benzene rings is 1. The van der Waals surface area contributed by atoms with E-state index in [1.807, 2.05) is 0 Å². The van der Waals surface area contributed by atoms with Crippen LogP contribution in [0.15, 0.2) is 12.1 Å². The van der Waals surface area contributed by atoms with Gasteiger partial charge in [-0.1, -0.05) is 20.3 Å². The molecule has 2 N–H and O–H groups in total. The highest BCUT2D eigenvalue weighted by Gasteiger charge is 2.41. The predicted octanol–water partition coefficient (Wildman–Crippen LogP) is 2.47. The molecule has 1 saturated heterocycles. The summed E-state index contributed by atoms with van der Waals surface area (Å²) in [6.07, 6.45) is 2.00. The van der Waals surface area contributed by atoms with Crippen molar-refractivity contribution in [1.82, 2.24) is 4.90 Å². The second-order valence-electron chi connectivity index (χ2n) is 6.71. The zero-order valence-corrected chi connectivity index (χ0v) is 14.5. The summed E-state index contributed by atoms with van der Waals surface area (Å²) in [6.45, 7) is 5.45. The molecule has 0 saturated carbocycles.